The first-order chi connectivity index (χ1) is 12.0. The van der Waals surface area contributed by atoms with Crippen molar-refractivity contribution >= 4 is 23.1 Å². The van der Waals surface area contributed by atoms with Gasteiger partial charge in [0.15, 0.2) is 11.5 Å². The minimum absolute atomic E-state index is 0.0810. The Morgan fingerprint density at radius 3 is 2.12 bits per heavy atom. The number of ether oxygens (including phenoxy) is 3. The normalized spacial score (nSPS) is 9.88. The van der Waals surface area contributed by atoms with Crippen molar-refractivity contribution < 1.29 is 23.9 Å². The van der Waals surface area contributed by atoms with Crippen molar-refractivity contribution in [2.24, 2.45) is 0 Å². The van der Waals surface area contributed by atoms with Gasteiger partial charge in [0.2, 0.25) is 5.75 Å². The summed E-state index contributed by atoms with van der Waals surface area (Å²) in [4.78, 5) is 22.6. The first-order valence-corrected chi connectivity index (χ1v) is 7.11. The molecule has 0 aliphatic carbocycles. The highest BCUT2D eigenvalue weighted by molar-refractivity contribution is 6.01. The van der Waals surface area contributed by atoms with Gasteiger partial charge in [-0.05, 0) is 6.07 Å². The smallest absolute Gasteiger partial charge is 0.323 e. The van der Waals surface area contributed by atoms with E-state index < -0.39 is 11.0 Å². The van der Waals surface area contributed by atoms with Gasteiger partial charge >= 0.3 is 6.03 Å². The van der Waals surface area contributed by atoms with Gasteiger partial charge in [0.25, 0.3) is 5.69 Å². The fourth-order valence-corrected chi connectivity index (χ4v) is 2.18. The number of nitro groups is 1. The molecule has 9 nitrogen and oxygen atoms in total. The molecule has 2 aromatic carbocycles. The predicted octanol–water partition coefficient (Wildman–Crippen LogP) is 3.26. The molecule has 0 heterocycles. The van der Waals surface area contributed by atoms with Crippen LogP contribution in [0.5, 0.6) is 17.2 Å². The minimum atomic E-state index is -0.649. The van der Waals surface area contributed by atoms with Gasteiger partial charge in [-0.3, -0.25) is 10.1 Å². The Morgan fingerprint density at radius 2 is 1.60 bits per heavy atom. The Labute approximate surface area is 143 Å². The van der Waals surface area contributed by atoms with E-state index in [1.54, 1.807) is 18.2 Å². The molecule has 0 unspecified atom stereocenters. The molecule has 0 aliphatic heterocycles. The monoisotopic (exact) mass is 347 g/mol. The largest absolute Gasteiger partial charge is 0.493 e. The molecule has 0 aromatic heterocycles. The Kier molecular flexibility index (Phi) is 5.62. The molecule has 2 N–H and O–H groups in total. The highest BCUT2D eigenvalue weighted by Crippen LogP contribution is 2.40. The molecule has 0 fully saturated rings. The topological polar surface area (TPSA) is 112 Å². The van der Waals surface area contributed by atoms with Gasteiger partial charge < -0.3 is 24.8 Å². The maximum atomic E-state index is 12.2. The van der Waals surface area contributed by atoms with Crippen molar-refractivity contribution in [2.45, 2.75) is 0 Å². The number of anilines is 2. The third kappa shape index (κ3) is 4.08. The second-order valence-corrected chi connectivity index (χ2v) is 4.77. The van der Waals surface area contributed by atoms with Gasteiger partial charge in [0.05, 0.1) is 31.9 Å². The number of hydrogen-bond acceptors (Lipinski definition) is 6. The number of hydrogen-bond donors (Lipinski definition) is 2. The number of carbonyl (C=O) groups excluding carboxylic acids is 1. The second kappa shape index (κ2) is 7.86. The Hall–Kier alpha value is -3.49. The highest BCUT2D eigenvalue weighted by atomic mass is 16.6. The van der Waals surface area contributed by atoms with Crippen LogP contribution in [0, 0.1) is 10.1 Å². The van der Waals surface area contributed by atoms with E-state index in [0.29, 0.717) is 22.9 Å². The maximum Gasteiger partial charge on any atom is 0.323 e. The van der Waals surface area contributed by atoms with E-state index in [2.05, 4.69) is 10.6 Å². The molecule has 0 bridgehead atoms. The number of para-hydroxylation sites is 2. The lowest BCUT2D eigenvalue weighted by atomic mass is 10.2. The van der Waals surface area contributed by atoms with E-state index in [4.69, 9.17) is 14.2 Å². The summed E-state index contributed by atoms with van der Waals surface area (Å²) < 4.78 is 15.6. The Morgan fingerprint density at radius 1 is 1.00 bits per heavy atom. The third-order valence-corrected chi connectivity index (χ3v) is 3.27. The SMILES string of the molecule is COc1cc(NC(=O)Nc2ccccc2[N+](=O)[O-])cc(OC)c1OC. The van der Waals surface area contributed by atoms with E-state index in [9.17, 15) is 14.9 Å². The number of benzene rings is 2. The molecule has 0 aliphatic rings. The molecule has 0 spiro atoms. The summed E-state index contributed by atoms with van der Waals surface area (Å²) in [7, 11) is 4.37. The van der Waals surface area contributed by atoms with E-state index in [0.717, 1.165) is 0 Å². The number of nitro benzene ring substituents is 1. The van der Waals surface area contributed by atoms with Crippen LogP contribution in [0.2, 0.25) is 0 Å². The molecule has 132 valence electrons. The van der Waals surface area contributed by atoms with Gasteiger partial charge in [-0.15, -0.1) is 0 Å². The lowest BCUT2D eigenvalue weighted by Gasteiger charge is -2.15. The molecule has 25 heavy (non-hydrogen) atoms. The molecule has 0 saturated carbocycles. The number of nitrogens with zero attached hydrogens (tertiary/aromatic N) is 1. The number of urea groups is 1. The van der Waals surface area contributed by atoms with Gasteiger partial charge in [-0.1, -0.05) is 12.1 Å². The second-order valence-electron chi connectivity index (χ2n) is 4.77. The average molecular weight is 347 g/mol. The predicted molar refractivity (Wildman–Crippen MR) is 91.8 cm³/mol. The summed E-state index contributed by atoms with van der Waals surface area (Å²) in [6.45, 7) is 0. The van der Waals surface area contributed by atoms with Crippen molar-refractivity contribution in [1.82, 2.24) is 0 Å². The summed E-state index contributed by atoms with van der Waals surface area (Å²) in [5.74, 6) is 1.11. The zero-order valence-corrected chi connectivity index (χ0v) is 13.9. The fraction of sp³-hybridized carbons (Fsp3) is 0.188. The maximum absolute atomic E-state index is 12.2. The molecule has 0 radical (unpaired) electrons. The van der Waals surface area contributed by atoms with Gasteiger partial charge in [0, 0.05) is 18.2 Å². The van der Waals surface area contributed by atoms with Crippen molar-refractivity contribution in [3.05, 3.63) is 46.5 Å². The molecule has 0 saturated heterocycles. The molecular formula is C16H17N3O6. The van der Waals surface area contributed by atoms with Crippen molar-refractivity contribution in [1.29, 1.82) is 0 Å². The third-order valence-electron chi connectivity index (χ3n) is 3.27. The van der Waals surface area contributed by atoms with Crippen LogP contribution in [0.15, 0.2) is 36.4 Å². The minimum Gasteiger partial charge on any atom is -0.493 e. The number of rotatable bonds is 6. The van der Waals surface area contributed by atoms with Crippen LogP contribution in [0.3, 0.4) is 0 Å². The molecule has 0 atom stereocenters. The van der Waals surface area contributed by atoms with Crippen molar-refractivity contribution in [3.63, 3.8) is 0 Å². The Bertz CT molecular complexity index is 768. The lowest BCUT2D eigenvalue weighted by molar-refractivity contribution is -0.383. The first-order valence-electron chi connectivity index (χ1n) is 7.11. The van der Waals surface area contributed by atoms with E-state index in [1.807, 2.05) is 0 Å². The van der Waals surface area contributed by atoms with Crippen molar-refractivity contribution in [3.8, 4) is 17.2 Å². The average Bonchev–Trinajstić information content (AvgIpc) is 2.60. The zero-order chi connectivity index (χ0) is 18.4. The summed E-state index contributed by atoms with van der Waals surface area (Å²) in [6, 6.07) is 8.27. The summed E-state index contributed by atoms with van der Waals surface area (Å²) in [5.41, 5.74) is 0.241. The molecule has 2 rings (SSSR count). The van der Waals surface area contributed by atoms with Crippen LogP contribution in [0.1, 0.15) is 0 Å². The molecule has 9 heteroatoms. The summed E-state index contributed by atoms with van der Waals surface area (Å²) >= 11 is 0. The van der Waals surface area contributed by atoms with Gasteiger partial charge in [0.1, 0.15) is 5.69 Å². The van der Waals surface area contributed by atoms with E-state index in [1.165, 1.54) is 39.5 Å². The number of nitrogens with one attached hydrogen (secondary N) is 2. The lowest BCUT2D eigenvalue weighted by Crippen LogP contribution is -2.20. The van der Waals surface area contributed by atoms with Crippen LogP contribution in [0.25, 0.3) is 0 Å². The fourth-order valence-electron chi connectivity index (χ4n) is 2.18. The number of methoxy groups -OCH3 is 3. The molecule has 2 amide bonds. The van der Waals surface area contributed by atoms with Crippen molar-refractivity contribution in [2.75, 3.05) is 32.0 Å². The van der Waals surface area contributed by atoms with Crippen LogP contribution in [0.4, 0.5) is 21.9 Å². The van der Waals surface area contributed by atoms with Crippen LogP contribution < -0.4 is 24.8 Å². The summed E-state index contributed by atoms with van der Waals surface area (Å²) in [6.07, 6.45) is 0. The summed E-state index contributed by atoms with van der Waals surface area (Å²) in [5, 5.41) is 16.0. The van der Waals surface area contributed by atoms with Crippen LogP contribution in [-0.4, -0.2) is 32.3 Å². The van der Waals surface area contributed by atoms with Crippen LogP contribution >= 0.6 is 0 Å². The number of amides is 2. The highest BCUT2D eigenvalue weighted by Gasteiger charge is 2.17. The van der Waals surface area contributed by atoms with E-state index >= 15 is 0 Å². The first kappa shape index (κ1) is 17.9. The zero-order valence-electron chi connectivity index (χ0n) is 13.9. The Balaban J connectivity index is 2.23. The van der Waals surface area contributed by atoms with Gasteiger partial charge in [-0.2, -0.15) is 0 Å². The number of carbonyl (C=O) groups is 1. The van der Waals surface area contributed by atoms with Gasteiger partial charge in [-0.25, -0.2) is 4.79 Å². The quantitative estimate of drug-likeness (QED) is 0.613. The van der Waals surface area contributed by atoms with E-state index in [-0.39, 0.29) is 11.4 Å². The van der Waals surface area contributed by atoms with Crippen LogP contribution in [-0.2, 0) is 0 Å². The molecular weight excluding hydrogens is 330 g/mol. The molecule has 2 aromatic rings. The standard InChI is InChI=1S/C16H17N3O6/c1-23-13-8-10(9-14(24-2)15(13)25-3)17-16(20)18-11-6-4-5-7-12(11)19(21)22/h4-9H,1-3H3,(H2,17,18,20).